The van der Waals surface area contributed by atoms with E-state index < -0.39 is 6.04 Å². The Bertz CT molecular complexity index is 282. The fourth-order valence-electron chi connectivity index (χ4n) is 1.03. The molecule has 0 aliphatic heterocycles. The molecule has 2 N–H and O–H groups in total. The number of carbonyl (C=O) groups is 2. The van der Waals surface area contributed by atoms with Gasteiger partial charge in [0.15, 0.2) is 0 Å². The smallest absolute Gasteiger partial charge is 0.217 e. The second-order valence-corrected chi connectivity index (χ2v) is 2.72. The Morgan fingerprint density at radius 1 is 1.85 bits per heavy atom. The molecule has 5 nitrogen and oxygen atoms in total. The minimum Gasteiger partial charge on any atom is -0.348 e. The molecule has 0 aliphatic rings. The normalized spacial score (nSPS) is 12.1. The monoisotopic (exact) mass is 181 g/mol. The number of aromatic amines is 1. The summed E-state index contributed by atoms with van der Waals surface area (Å²) in [5.74, 6) is -0.211. The average Bonchev–Trinajstić information content (AvgIpc) is 2.55. The van der Waals surface area contributed by atoms with Crippen molar-refractivity contribution in [1.29, 1.82) is 0 Å². The van der Waals surface area contributed by atoms with Crippen molar-refractivity contribution in [3.8, 4) is 0 Å². The summed E-state index contributed by atoms with van der Waals surface area (Å²) in [6, 6.07) is -0.474. The summed E-state index contributed by atoms with van der Waals surface area (Å²) >= 11 is 0. The van der Waals surface area contributed by atoms with Crippen molar-refractivity contribution in [2.45, 2.75) is 19.4 Å². The maximum absolute atomic E-state index is 10.6. The van der Waals surface area contributed by atoms with E-state index in [2.05, 4.69) is 15.3 Å². The Labute approximate surface area is 75.6 Å². The van der Waals surface area contributed by atoms with E-state index in [0.29, 0.717) is 12.7 Å². The number of aldehydes is 1. The van der Waals surface area contributed by atoms with Gasteiger partial charge in [0.05, 0.1) is 12.4 Å². The van der Waals surface area contributed by atoms with Crippen LogP contribution in [0.4, 0.5) is 0 Å². The van der Waals surface area contributed by atoms with E-state index in [1.54, 1.807) is 6.20 Å². The van der Waals surface area contributed by atoms with Crippen LogP contribution in [0.15, 0.2) is 12.5 Å². The summed E-state index contributed by atoms with van der Waals surface area (Å²) in [7, 11) is 0. The summed E-state index contributed by atoms with van der Waals surface area (Å²) in [5.41, 5.74) is 0.825. The quantitative estimate of drug-likeness (QED) is 0.624. The molecule has 1 aromatic heterocycles. The lowest BCUT2D eigenvalue weighted by atomic mass is 10.2. The van der Waals surface area contributed by atoms with Crippen LogP contribution in [0.3, 0.4) is 0 Å². The summed E-state index contributed by atoms with van der Waals surface area (Å²) < 4.78 is 0. The minimum atomic E-state index is -0.474. The van der Waals surface area contributed by atoms with Gasteiger partial charge in [-0.25, -0.2) is 4.98 Å². The van der Waals surface area contributed by atoms with Gasteiger partial charge in [-0.3, -0.25) is 4.79 Å². The predicted molar refractivity (Wildman–Crippen MR) is 46.0 cm³/mol. The zero-order valence-corrected chi connectivity index (χ0v) is 7.28. The van der Waals surface area contributed by atoms with Crippen LogP contribution in [-0.4, -0.2) is 28.2 Å². The molecule has 0 aromatic carbocycles. The van der Waals surface area contributed by atoms with Crippen LogP contribution in [0.1, 0.15) is 12.6 Å². The molecule has 0 unspecified atom stereocenters. The van der Waals surface area contributed by atoms with Gasteiger partial charge >= 0.3 is 0 Å². The number of nitrogens with one attached hydrogen (secondary N) is 2. The van der Waals surface area contributed by atoms with Gasteiger partial charge in [-0.2, -0.15) is 0 Å². The SMILES string of the molecule is CC(=O)N[C@H](C=O)Cc1cnc[nH]1. The molecule has 1 heterocycles. The zero-order valence-electron chi connectivity index (χ0n) is 7.28. The maximum atomic E-state index is 10.6. The topological polar surface area (TPSA) is 74.8 Å². The van der Waals surface area contributed by atoms with Gasteiger partial charge in [0.1, 0.15) is 6.29 Å². The number of hydrogen-bond acceptors (Lipinski definition) is 3. The second kappa shape index (κ2) is 4.39. The third-order valence-corrected chi connectivity index (χ3v) is 1.55. The van der Waals surface area contributed by atoms with Crippen molar-refractivity contribution in [2.24, 2.45) is 0 Å². The van der Waals surface area contributed by atoms with E-state index in [0.717, 1.165) is 5.69 Å². The molecule has 5 heteroatoms. The first-order valence-corrected chi connectivity index (χ1v) is 3.92. The lowest BCUT2D eigenvalue weighted by Gasteiger charge is -2.08. The third kappa shape index (κ3) is 3.06. The highest BCUT2D eigenvalue weighted by Gasteiger charge is 2.09. The van der Waals surface area contributed by atoms with Gasteiger partial charge in [-0.05, 0) is 0 Å². The van der Waals surface area contributed by atoms with Gasteiger partial charge in [-0.1, -0.05) is 0 Å². The number of imidazole rings is 1. The Morgan fingerprint density at radius 2 is 2.62 bits per heavy atom. The van der Waals surface area contributed by atoms with Crippen LogP contribution in [0.5, 0.6) is 0 Å². The first-order valence-electron chi connectivity index (χ1n) is 3.92. The first kappa shape index (κ1) is 9.44. The molecule has 0 saturated heterocycles. The molecular formula is C8H11N3O2. The van der Waals surface area contributed by atoms with Crippen molar-refractivity contribution in [3.63, 3.8) is 0 Å². The minimum absolute atomic E-state index is 0.211. The number of carbonyl (C=O) groups excluding carboxylic acids is 2. The molecule has 13 heavy (non-hydrogen) atoms. The predicted octanol–water partition coefficient (Wildman–Crippen LogP) is -0.344. The maximum Gasteiger partial charge on any atom is 0.217 e. The summed E-state index contributed by atoms with van der Waals surface area (Å²) in [6.07, 6.45) is 4.31. The zero-order chi connectivity index (χ0) is 9.68. The average molecular weight is 181 g/mol. The van der Waals surface area contributed by atoms with Gasteiger partial charge in [0, 0.05) is 25.2 Å². The largest absolute Gasteiger partial charge is 0.348 e. The number of hydrogen-bond donors (Lipinski definition) is 2. The van der Waals surface area contributed by atoms with Crippen LogP contribution in [-0.2, 0) is 16.0 Å². The number of aromatic nitrogens is 2. The number of nitrogens with zero attached hydrogens (tertiary/aromatic N) is 1. The molecule has 70 valence electrons. The van der Waals surface area contributed by atoms with Crippen molar-refractivity contribution < 1.29 is 9.59 Å². The Morgan fingerprint density at radius 3 is 3.08 bits per heavy atom. The van der Waals surface area contributed by atoms with Gasteiger partial charge in [0.25, 0.3) is 0 Å². The summed E-state index contributed by atoms with van der Waals surface area (Å²) in [6.45, 7) is 1.38. The molecule has 0 spiro atoms. The molecule has 1 atom stereocenters. The molecule has 1 rings (SSSR count). The molecule has 0 aliphatic carbocycles. The third-order valence-electron chi connectivity index (χ3n) is 1.55. The molecule has 0 saturated carbocycles. The van der Waals surface area contributed by atoms with Crippen LogP contribution in [0.2, 0.25) is 0 Å². The standard InChI is InChI=1S/C8H11N3O2/c1-6(13)11-8(4-12)2-7-3-9-5-10-7/h3-5,8H,2H2,1H3,(H,9,10)(H,11,13)/t8-/m0/s1. The molecular weight excluding hydrogens is 170 g/mol. The van der Waals surface area contributed by atoms with Crippen LogP contribution >= 0.6 is 0 Å². The van der Waals surface area contributed by atoms with E-state index in [1.165, 1.54) is 13.3 Å². The van der Waals surface area contributed by atoms with Crippen LogP contribution in [0.25, 0.3) is 0 Å². The Kier molecular flexibility index (Phi) is 3.19. The highest BCUT2D eigenvalue weighted by atomic mass is 16.2. The molecule has 1 aromatic rings. The molecule has 1 amide bonds. The fraction of sp³-hybridized carbons (Fsp3) is 0.375. The van der Waals surface area contributed by atoms with Crippen LogP contribution < -0.4 is 5.32 Å². The first-order chi connectivity index (χ1) is 6.22. The number of amides is 1. The Hall–Kier alpha value is -1.65. The second-order valence-electron chi connectivity index (χ2n) is 2.72. The highest BCUT2D eigenvalue weighted by molar-refractivity contribution is 5.77. The van der Waals surface area contributed by atoms with E-state index in [9.17, 15) is 9.59 Å². The fourth-order valence-corrected chi connectivity index (χ4v) is 1.03. The van der Waals surface area contributed by atoms with Crippen LogP contribution in [0, 0.1) is 0 Å². The lowest BCUT2D eigenvalue weighted by Crippen LogP contribution is -2.36. The van der Waals surface area contributed by atoms with E-state index in [-0.39, 0.29) is 5.91 Å². The van der Waals surface area contributed by atoms with E-state index >= 15 is 0 Å². The summed E-state index contributed by atoms with van der Waals surface area (Å²) in [4.78, 5) is 27.8. The Balaban J connectivity index is 2.49. The van der Waals surface area contributed by atoms with E-state index in [4.69, 9.17) is 0 Å². The van der Waals surface area contributed by atoms with E-state index in [1.807, 2.05) is 0 Å². The van der Waals surface area contributed by atoms with Gasteiger partial charge < -0.3 is 15.1 Å². The highest BCUT2D eigenvalue weighted by Crippen LogP contribution is 1.95. The molecule has 0 fully saturated rings. The van der Waals surface area contributed by atoms with Crippen molar-refractivity contribution in [1.82, 2.24) is 15.3 Å². The number of rotatable bonds is 4. The number of H-pyrrole nitrogens is 1. The van der Waals surface area contributed by atoms with Crippen molar-refractivity contribution >= 4 is 12.2 Å². The van der Waals surface area contributed by atoms with Crippen molar-refractivity contribution in [3.05, 3.63) is 18.2 Å². The van der Waals surface area contributed by atoms with Gasteiger partial charge in [-0.15, -0.1) is 0 Å². The van der Waals surface area contributed by atoms with Crippen molar-refractivity contribution in [2.75, 3.05) is 0 Å². The summed E-state index contributed by atoms with van der Waals surface area (Å²) in [5, 5.41) is 2.51. The molecule has 0 radical (unpaired) electrons. The lowest BCUT2D eigenvalue weighted by molar-refractivity contribution is -0.122. The molecule has 0 bridgehead atoms. The van der Waals surface area contributed by atoms with Gasteiger partial charge in [0.2, 0.25) is 5.91 Å².